The molecule has 3 rings (SSSR count). The molecule has 2 aromatic heterocycles. The molecule has 0 saturated carbocycles. The van der Waals surface area contributed by atoms with Gasteiger partial charge in [-0.1, -0.05) is 17.4 Å². The zero-order valence-electron chi connectivity index (χ0n) is 11.2. The van der Waals surface area contributed by atoms with Crippen molar-refractivity contribution in [2.24, 2.45) is 5.73 Å². The van der Waals surface area contributed by atoms with Crippen molar-refractivity contribution in [2.75, 3.05) is 4.72 Å². The molecule has 0 amide bonds. The van der Waals surface area contributed by atoms with Gasteiger partial charge in [0.1, 0.15) is 4.21 Å². The minimum absolute atomic E-state index is 0.249. The highest BCUT2D eigenvalue weighted by Gasteiger charge is 2.18. The molecule has 21 heavy (non-hydrogen) atoms. The van der Waals surface area contributed by atoms with Crippen LogP contribution in [-0.2, 0) is 16.6 Å². The van der Waals surface area contributed by atoms with E-state index >= 15 is 0 Å². The standard InChI is InChI=1S/C13H13N3O2S3/c1-8-2-4-10-11(6-8)20-13(15-10)16-21(17,18)12-5-3-9(7-14)19-12/h2-6H,7,14H2,1H3,(H,15,16). The van der Waals surface area contributed by atoms with Gasteiger partial charge in [-0.2, -0.15) is 0 Å². The van der Waals surface area contributed by atoms with Crippen molar-refractivity contribution in [3.8, 4) is 0 Å². The zero-order chi connectivity index (χ0) is 15.0. The third-order valence-corrected chi connectivity index (χ3v) is 6.87. The maximum absolute atomic E-state index is 12.3. The number of fused-ring (bicyclic) bond motifs is 1. The van der Waals surface area contributed by atoms with Crippen LogP contribution in [0, 0.1) is 6.92 Å². The quantitative estimate of drug-likeness (QED) is 0.765. The Bertz CT molecular complexity index is 896. The van der Waals surface area contributed by atoms with Crippen molar-refractivity contribution in [3.05, 3.63) is 40.8 Å². The Balaban J connectivity index is 1.93. The number of nitrogens with two attached hydrogens (primary N) is 1. The van der Waals surface area contributed by atoms with Gasteiger partial charge in [-0.3, -0.25) is 4.72 Å². The number of hydrogen-bond acceptors (Lipinski definition) is 6. The average molecular weight is 339 g/mol. The summed E-state index contributed by atoms with van der Waals surface area (Å²) >= 11 is 2.49. The number of aryl methyl sites for hydroxylation is 1. The van der Waals surface area contributed by atoms with Crippen LogP contribution in [0.15, 0.2) is 34.5 Å². The lowest BCUT2D eigenvalue weighted by atomic mass is 10.2. The lowest BCUT2D eigenvalue weighted by Gasteiger charge is -2.01. The molecule has 2 heterocycles. The summed E-state index contributed by atoms with van der Waals surface area (Å²) in [6, 6.07) is 9.11. The van der Waals surface area contributed by atoms with Crippen LogP contribution in [0.1, 0.15) is 10.4 Å². The third kappa shape index (κ3) is 2.93. The normalized spacial score (nSPS) is 11.9. The van der Waals surface area contributed by atoms with E-state index in [0.717, 1.165) is 20.7 Å². The Morgan fingerprint density at radius 1 is 1.24 bits per heavy atom. The second-order valence-electron chi connectivity index (χ2n) is 4.52. The summed E-state index contributed by atoms with van der Waals surface area (Å²) in [7, 11) is -3.60. The Morgan fingerprint density at radius 2 is 2.05 bits per heavy atom. The van der Waals surface area contributed by atoms with E-state index in [0.29, 0.717) is 11.7 Å². The molecule has 1 aromatic carbocycles. The molecular formula is C13H13N3O2S3. The highest BCUT2D eigenvalue weighted by molar-refractivity contribution is 7.94. The molecule has 0 unspecified atom stereocenters. The summed E-state index contributed by atoms with van der Waals surface area (Å²) in [5.74, 6) is 0. The molecule has 0 atom stereocenters. The van der Waals surface area contributed by atoms with Gasteiger partial charge in [-0.05, 0) is 36.8 Å². The van der Waals surface area contributed by atoms with E-state index < -0.39 is 10.0 Å². The lowest BCUT2D eigenvalue weighted by molar-refractivity contribution is 0.603. The molecule has 0 spiro atoms. The molecule has 0 aliphatic rings. The van der Waals surface area contributed by atoms with Crippen molar-refractivity contribution in [2.45, 2.75) is 17.7 Å². The second-order valence-corrected chi connectivity index (χ2v) is 8.63. The Hall–Kier alpha value is -1.48. The van der Waals surface area contributed by atoms with E-state index in [-0.39, 0.29) is 4.21 Å². The van der Waals surface area contributed by atoms with Crippen molar-refractivity contribution >= 4 is 48.0 Å². The molecule has 0 aliphatic carbocycles. The topological polar surface area (TPSA) is 85.1 Å². The molecule has 0 saturated heterocycles. The number of hydrogen-bond donors (Lipinski definition) is 2. The number of thiophene rings is 1. The van der Waals surface area contributed by atoms with Crippen LogP contribution < -0.4 is 10.5 Å². The first-order chi connectivity index (χ1) is 9.98. The van der Waals surface area contributed by atoms with E-state index in [1.54, 1.807) is 12.1 Å². The van der Waals surface area contributed by atoms with Gasteiger partial charge in [-0.15, -0.1) is 11.3 Å². The molecule has 0 radical (unpaired) electrons. The van der Waals surface area contributed by atoms with Gasteiger partial charge < -0.3 is 5.73 Å². The van der Waals surface area contributed by atoms with Crippen LogP contribution in [-0.4, -0.2) is 13.4 Å². The SMILES string of the molecule is Cc1ccc2nc(NS(=O)(=O)c3ccc(CN)s3)sc2c1. The molecule has 0 bridgehead atoms. The van der Waals surface area contributed by atoms with Gasteiger partial charge >= 0.3 is 0 Å². The summed E-state index contributed by atoms with van der Waals surface area (Å²) in [6.07, 6.45) is 0. The molecule has 110 valence electrons. The Morgan fingerprint density at radius 3 is 2.76 bits per heavy atom. The molecule has 8 heteroatoms. The predicted octanol–water partition coefficient (Wildman–Crippen LogP) is 2.93. The fourth-order valence-corrected chi connectivity index (χ4v) is 5.29. The Labute approximate surface area is 130 Å². The van der Waals surface area contributed by atoms with Gasteiger partial charge in [-0.25, -0.2) is 13.4 Å². The van der Waals surface area contributed by atoms with Crippen LogP contribution in [0.5, 0.6) is 0 Å². The fourth-order valence-electron chi connectivity index (χ4n) is 1.85. The summed E-state index contributed by atoms with van der Waals surface area (Å²) in [5.41, 5.74) is 7.42. The molecular weight excluding hydrogens is 326 g/mol. The number of anilines is 1. The first-order valence-electron chi connectivity index (χ1n) is 6.17. The fraction of sp³-hybridized carbons (Fsp3) is 0.154. The van der Waals surface area contributed by atoms with Gasteiger partial charge in [0.15, 0.2) is 5.13 Å². The number of benzene rings is 1. The van der Waals surface area contributed by atoms with Crippen molar-refractivity contribution in [3.63, 3.8) is 0 Å². The minimum atomic E-state index is -3.60. The molecule has 0 aliphatic heterocycles. The molecule has 3 aromatic rings. The van der Waals surface area contributed by atoms with Gasteiger partial charge in [0.2, 0.25) is 0 Å². The van der Waals surface area contributed by atoms with Gasteiger partial charge in [0.25, 0.3) is 10.0 Å². The van der Waals surface area contributed by atoms with Crippen LogP contribution in [0.25, 0.3) is 10.2 Å². The van der Waals surface area contributed by atoms with Crippen LogP contribution >= 0.6 is 22.7 Å². The van der Waals surface area contributed by atoms with E-state index in [1.807, 2.05) is 25.1 Å². The summed E-state index contributed by atoms with van der Waals surface area (Å²) in [4.78, 5) is 5.13. The number of thiazole rings is 1. The lowest BCUT2D eigenvalue weighted by Crippen LogP contribution is -2.11. The number of rotatable bonds is 4. The first-order valence-corrected chi connectivity index (χ1v) is 9.28. The molecule has 3 N–H and O–H groups in total. The molecule has 0 fully saturated rings. The second kappa shape index (κ2) is 5.38. The highest BCUT2D eigenvalue weighted by Crippen LogP contribution is 2.29. The van der Waals surface area contributed by atoms with Crippen molar-refractivity contribution < 1.29 is 8.42 Å². The maximum atomic E-state index is 12.3. The number of nitrogens with zero attached hydrogens (tertiary/aromatic N) is 1. The zero-order valence-corrected chi connectivity index (χ0v) is 13.6. The van der Waals surface area contributed by atoms with E-state index in [1.165, 1.54) is 22.7 Å². The van der Waals surface area contributed by atoms with Crippen molar-refractivity contribution in [1.82, 2.24) is 4.98 Å². The molecule has 5 nitrogen and oxygen atoms in total. The highest BCUT2D eigenvalue weighted by atomic mass is 32.2. The summed E-state index contributed by atoms with van der Waals surface area (Å²) in [6.45, 7) is 2.32. The van der Waals surface area contributed by atoms with Gasteiger partial charge in [0.05, 0.1) is 10.2 Å². The smallest absolute Gasteiger partial charge is 0.273 e. The van der Waals surface area contributed by atoms with Crippen LogP contribution in [0.4, 0.5) is 5.13 Å². The average Bonchev–Trinajstić information content (AvgIpc) is 3.03. The Kier molecular flexibility index (Phi) is 3.70. The maximum Gasteiger partial charge on any atom is 0.273 e. The predicted molar refractivity (Wildman–Crippen MR) is 87.4 cm³/mol. The van der Waals surface area contributed by atoms with Crippen LogP contribution in [0.2, 0.25) is 0 Å². The summed E-state index contributed by atoms with van der Waals surface area (Å²) < 4.78 is 28.3. The number of sulfonamides is 1. The number of aromatic nitrogens is 1. The first kappa shape index (κ1) is 14.5. The van der Waals surface area contributed by atoms with E-state index in [2.05, 4.69) is 9.71 Å². The monoisotopic (exact) mass is 339 g/mol. The van der Waals surface area contributed by atoms with Crippen LogP contribution in [0.3, 0.4) is 0 Å². The van der Waals surface area contributed by atoms with Gasteiger partial charge in [0, 0.05) is 11.4 Å². The number of nitrogens with one attached hydrogen (secondary N) is 1. The van der Waals surface area contributed by atoms with E-state index in [9.17, 15) is 8.42 Å². The summed E-state index contributed by atoms with van der Waals surface area (Å²) in [5, 5.41) is 0.373. The largest absolute Gasteiger partial charge is 0.326 e. The minimum Gasteiger partial charge on any atom is -0.326 e. The van der Waals surface area contributed by atoms with E-state index in [4.69, 9.17) is 5.73 Å². The third-order valence-electron chi connectivity index (χ3n) is 2.87. The van der Waals surface area contributed by atoms with Crippen molar-refractivity contribution in [1.29, 1.82) is 0 Å².